The minimum absolute atomic E-state index is 0.307. The number of benzene rings is 1. The van der Waals surface area contributed by atoms with Crippen molar-refractivity contribution in [3.63, 3.8) is 0 Å². The number of aliphatic imine (C=N–C) groups is 1. The Morgan fingerprint density at radius 2 is 2.13 bits per heavy atom. The van der Waals surface area contributed by atoms with E-state index in [2.05, 4.69) is 36.2 Å². The first-order valence-electron chi connectivity index (χ1n) is 10.6. The Balaban J connectivity index is 1.42. The number of nitrogens with zero attached hydrogens (tertiary/aromatic N) is 3. The van der Waals surface area contributed by atoms with Gasteiger partial charge in [0.05, 0.1) is 29.0 Å². The number of carbonyl (C=O) groups is 1. The topological polar surface area (TPSA) is 102 Å². The Hall–Kier alpha value is -2.48. The Bertz CT molecular complexity index is 978. The number of fused-ring (bicyclic) bond motifs is 1. The van der Waals surface area contributed by atoms with Crippen LogP contribution in [-0.2, 0) is 4.74 Å². The average Bonchev–Trinajstić information content (AvgIpc) is 2.66. The lowest BCUT2D eigenvalue weighted by molar-refractivity contribution is 0.0525. The molecule has 1 aromatic carbocycles. The zero-order chi connectivity index (χ0) is 22.4. The van der Waals surface area contributed by atoms with Crippen molar-refractivity contribution in [2.75, 3.05) is 6.54 Å². The molecule has 3 N–H and O–H groups in total. The van der Waals surface area contributed by atoms with Gasteiger partial charge in [0, 0.05) is 29.0 Å². The van der Waals surface area contributed by atoms with Crippen LogP contribution in [0.3, 0.4) is 0 Å². The summed E-state index contributed by atoms with van der Waals surface area (Å²) < 4.78 is 6.19. The number of nitrogens with two attached hydrogens (primary N) is 1. The molecule has 2 aromatic rings. The van der Waals surface area contributed by atoms with Crippen LogP contribution >= 0.6 is 15.9 Å². The van der Waals surface area contributed by atoms with Gasteiger partial charge in [-0.05, 0) is 70.6 Å². The smallest absolute Gasteiger partial charge is 0.407 e. The Morgan fingerprint density at radius 1 is 1.35 bits per heavy atom. The highest BCUT2D eigenvalue weighted by Crippen LogP contribution is 2.33. The summed E-state index contributed by atoms with van der Waals surface area (Å²) in [5.41, 5.74) is 8.47. The highest BCUT2D eigenvalue weighted by molar-refractivity contribution is 9.10. The maximum atomic E-state index is 11.6. The van der Waals surface area contributed by atoms with Crippen molar-refractivity contribution >= 4 is 44.8 Å². The SMILES string of the molecule is CC(C)(C)OC(=O)NCCCC1CC(N=CC(=CN)c2cnc3ccc(Br)cc3n2)C1. The van der Waals surface area contributed by atoms with Crippen LogP contribution in [0.4, 0.5) is 4.79 Å². The van der Waals surface area contributed by atoms with E-state index in [1.165, 1.54) is 6.20 Å². The Kier molecular flexibility index (Phi) is 7.64. The third-order valence-electron chi connectivity index (χ3n) is 5.07. The summed E-state index contributed by atoms with van der Waals surface area (Å²) in [7, 11) is 0. The van der Waals surface area contributed by atoms with Gasteiger partial charge in [-0.15, -0.1) is 0 Å². The normalized spacial score (nSPS) is 19.4. The van der Waals surface area contributed by atoms with Crippen molar-refractivity contribution in [1.82, 2.24) is 15.3 Å². The lowest BCUT2D eigenvalue weighted by atomic mass is 9.78. The van der Waals surface area contributed by atoms with Gasteiger partial charge in [-0.3, -0.25) is 9.98 Å². The quantitative estimate of drug-likeness (QED) is 0.429. The van der Waals surface area contributed by atoms with Gasteiger partial charge in [0.1, 0.15) is 5.60 Å². The van der Waals surface area contributed by atoms with Crippen LogP contribution in [0.2, 0.25) is 0 Å². The van der Waals surface area contributed by atoms with E-state index in [4.69, 9.17) is 10.5 Å². The number of allylic oxidation sites excluding steroid dienone is 1. The molecule has 0 bridgehead atoms. The maximum absolute atomic E-state index is 11.6. The molecular formula is C23H30BrN5O2. The molecule has 0 saturated heterocycles. The fourth-order valence-electron chi connectivity index (χ4n) is 3.46. The molecule has 0 atom stereocenters. The monoisotopic (exact) mass is 487 g/mol. The number of alkyl carbamates (subject to hydrolysis) is 1. The molecule has 1 aliphatic carbocycles. The highest BCUT2D eigenvalue weighted by Gasteiger charge is 2.27. The number of ether oxygens (including phenoxy) is 1. The minimum Gasteiger partial charge on any atom is -0.444 e. The van der Waals surface area contributed by atoms with Gasteiger partial charge in [-0.25, -0.2) is 9.78 Å². The van der Waals surface area contributed by atoms with E-state index < -0.39 is 5.60 Å². The number of hydrogen-bond donors (Lipinski definition) is 2. The molecule has 1 saturated carbocycles. The molecular weight excluding hydrogens is 458 g/mol. The van der Waals surface area contributed by atoms with Gasteiger partial charge in [0.2, 0.25) is 0 Å². The van der Waals surface area contributed by atoms with E-state index in [-0.39, 0.29) is 6.09 Å². The van der Waals surface area contributed by atoms with Crippen LogP contribution in [0.5, 0.6) is 0 Å². The molecule has 3 rings (SSSR count). The van der Waals surface area contributed by atoms with Crippen molar-refractivity contribution in [1.29, 1.82) is 0 Å². The van der Waals surface area contributed by atoms with E-state index >= 15 is 0 Å². The van der Waals surface area contributed by atoms with E-state index in [0.717, 1.165) is 46.8 Å². The second-order valence-corrected chi connectivity index (χ2v) is 9.77. The molecule has 0 radical (unpaired) electrons. The first-order chi connectivity index (χ1) is 14.7. The number of halogens is 1. The molecule has 1 aliphatic rings. The third-order valence-corrected chi connectivity index (χ3v) is 5.57. The van der Waals surface area contributed by atoms with Gasteiger partial charge in [0.15, 0.2) is 0 Å². The second-order valence-electron chi connectivity index (χ2n) is 8.85. The molecule has 1 amide bonds. The summed E-state index contributed by atoms with van der Waals surface area (Å²) in [5, 5.41) is 2.81. The van der Waals surface area contributed by atoms with Crippen LogP contribution in [0.1, 0.15) is 52.1 Å². The summed E-state index contributed by atoms with van der Waals surface area (Å²) >= 11 is 3.46. The van der Waals surface area contributed by atoms with Gasteiger partial charge < -0.3 is 15.8 Å². The van der Waals surface area contributed by atoms with Gasteiger partial charge in [-0.1, -0.05) is 15.9 Å². The van der Waals surface area contributed by atoms with Crippen molar-refractivity contribution < 1.29 is 9.53 Å². The zero-order valence-corrected chi connectivity index (χ0v) is 19.9. The van der Waals surface area contributed by atoms with Crippen molar-refractivity contribution in [3.8, 4) is 0 Å². The lowest BCUT2D eigenvalue weighted by Crippen LogP contribution is -2.33. The summed E-state index contributed by atoms with van der Waals surface area (Å²) in [6.07, 6.45) is 8.82. The van der Waals surface area contributed by atoms with Gasteiger partial charge in [-0.2, -0.15) is 0 Å². The number of rotatable bonds is 7. The molecule has 31 heavy (non-hydrogen) atoms. The van der Waals surface area contributed by atoms with Crippen molar-refractivity contribution in [2.45, 2.75) is 58.1 Å². The number of hydrogen-bond acceptors (Lipinski definition) is 6. The second kappa shape index (κ2) is 10.2. The van der Waals surface area contributed by atoms with E-state index in [9.17, 15) is 4.79 Å². The largest absolute Gasteiger partial charge is 0.444 e. The number of aromatic nitrogens is 2. The van der Waals surface area contributed by atoms with Gasteiger partial charge >= 0.3 is 6.09 Å². The van der Waals surface area contributed by atoms with Crippen LogP contribution in [0.15, 0.2) is 40.1 Å². The number of amides is 1. The van der Waals surface area contributed by atoms with Crippen molar-refractivity contribution in [2.24, 2.45) is 16.6 Å². The Labute approximate surface area is 191 Å². The van der Waals surface area contributed by atoms with Gasteiger partial charge in [0.25, 0.3) is 0 Å². The summed E-state index contributed by atoms with van der Waals surface area (Å²) in [5.74, 6) is 0.644. The molecule has 8 heteroatoms. The molecule has 1 aromatic heterocycles. The Morgan fingerprint density at radius 3 is 2.84 bits per heavy atom. The fraction of sp³-hybridized carbons (Fsp3) is 0.478. The van der Waals surface area contributed by atoms with E-state index in [1.54, 1.807) is 12.4 Å². The van der Waals surface area contributed by atoms with E-state index in [1.807, 2.05) is 39.0 Å². The molecule has 0 unspecified atom stereocenters. The zero-order valence-electron chi connectivity index (χ0n) is 18.3. The highest BCUT2D eigenvalue weighted by atomic mass is 79.9. The minimum atomic E-state index is -0.463. The lowest BCUT2D eigenvalue weighted by Gasteiger charge is -2.32. The predicted octanol–water partition coefficient (Wildman–Crippen LogP) is 4.85. The third kappa shape index (κ3) is 7.02. The summed E-state index contributed by atoms with van der Waals surface area (Å²) in [6.45, 7) is 6.21. The van der Waals surface area contributed by atoms with Crippen LogP contribution < -0.4 is 11.1 Å². The molecule has 0 spiro atoms. The average molecular weight is 488 g/mol. The molecule has 1 fully saturated rings. The molecule has 7 nitrogen and oxygen atoms in total. The summed E-state index contributed by atoms with van der Waals surface area (Å²) in [4.78, 5) is 25.4. The maximum Gasteiger partial charge on any atom is 0.407 e. The molecule has 0 aliphatic heterocycles. The van der Waals surface area contributed by atoms with Crippen LogP contribution in [0, 0.1) is 5.92 Å². The van der Waals surface area contributed by atoms with Crippen LogP contribution in [0.25, 0.3) is 16.6 Å². The van der Waals surface area contributed by atoms with E-state index in [0.29, 0.717) is 24.2 Å². The molecule has 166 valence electrons. The molecule has 1 heterocycles. The predicted molar refractivity (Wildman–Crippen MR) is 128 cm³/mol. The van der Waals surface area contributed by atoms with Crippen LogP contribution in [-0.4, -0.2) is 40.5 Å². The standard InChI is InChI=1S/C23H30BrN5O2/c1-23(2,3)31-22(30)26-8-4-5-15-9-18(10-15)27-13-16(12-25)21-14-28-19-7-6-17(24)11-20(19)29-21/h6-7,11-15,18H,4-5,8-10,25H2,1-3H3,(H,26,30). The van der Waals surface area contributed by atoms with Crippen molar-refractivity contribution in [3.05, 3.63) is 40.8 Å². The fourth-order valence-corrected chi connectivity index (χ4v) is 3.81. The first-order valence-corrected chi connectivity index (χ1v) is 11.4. The number of nitrogens with one attached hydrogen (secondary N) is 1. The summed E-state index contributed by atoms with van der Waals surface area (Å²) in [6, 6.07) is 6.11. The first kappa shape index (κ1) is 23.2. The number of carbonyl (C=O) groups excluding carboxylic acids is 1.